The Kier molecular flexibility index (Phi) is 6.18. The number of halogens is 2. The Bertz CT molecular complexity index is 431. The third kappa shape index (κ3) is 3.55. The van der Waals surface area contributed by atoms with Crippen molar-refractivity contribution < 1.29 is 0 Å². The van der Waals surface area contributed by atoms with Crippen LogP contribution in [0, 0.1) is 0 Å². The van der Waals surface area contributed by atoms with Gasteiger partial charge in [0.1, 0.15) is 0 Å². The molecule has 0 aromatic heterocycles. The van der Waals surface area contributed by atoms with Gasteiger partial charge in [0.2, 0.25) is 0 Å². The van der Waals surface area contributed by atoms with Crippen molar-refractivity contribution in [3.05, 3.63) is 33.8 Å². The van der Waals surface area contributed by atoms with E-state index in [4.69, 9.17) is 29.0 Å². The lowest BCUT2D eigenvalue weighted by Crippen LogP contribution is -2.41. The molecule has 1 heterocycles. The highest BCUT2D eigenvalue weighted by Gasteiger charge is 2.33. The zero-order valence-electron chi connectivity index (χ0n) is 10.7. The SMILES string of the molecule is CCC1SCCSC1C(NN)c1cccc(Cl)c1Cl. The van der Waals surface area contributed by atoms with Crippen LogP contribution in [0.2, 0.25) is 10.0 Å². The van der Waals surface area contributed by atoms with Crippen LogP contribution in [0.25, 0.3) is 0 Å². The Morgan fingerprint density at radius 1 is 1.37 bits per heavy atom. The molecule has 0 radical (unpaired) electrons. The smallest absolute Gasteiger partial charge is 0.0641 e. The molecule has 0 saturated carbocycles. The maximum absolute atomic E-state index is 6.33. The molecule has 6 heteroatoms. The van der Waals surface area contributed by atoms with Crippen LogP contribution in [-0.4, -0.2) is 22.0 Å². The summed E-state index contributed by atoms with van der Waals surface area (Å²) in [5.41, 5.74) is 3.94. The molecule has 1 saturated heterocycles. The number of hydrogen-bond donors (Lipinski definition) is 2. The Morgan fingerprint density at radius 3 is 2.79 bits per heavy atom. The molecule has 3 N–H and O–H groups in total. The second-order valence-corrected chi connectivity index (χ2v) is 7.86. The maximum atomic E-state index is 6.33. The summed E-state index contributed by atoms with van der Waals surface area (Å²) < 4.78 is 0. The molecule has 3 atom stereocenters. The van der Waals surface area contributed by atoms with Crippen molar-refractivity contribution in [3.63, 3.8) is 0 Å². The van der Waals surface area contributed by atoms with Crippen molar-refractivity contribution in [2.45, 2.75) is 29.9 Å². The van der Waals surface area contributed by atoms with Gasteiger partial charge in [0.15, 0.2) is 0 Å². The molecule has 1 aromatic rings. The topological polar surface area (TPSA) is 38.0 Å². The van der Waals surface area contributed by atoms with Gasteiger partial charge in [-0.15, -0.1) is 0 Å². The number of rotatable bonds is 4. The van der Waals surface area contributed by atoms with E-state index in [1.807, 2.05) is 35.7 Å². The van der Waals surface area contributed by atoms with Gasteiger partial charge >= 0.3 is 0 Å². The van der Waals surface area contributed by atoms with Crippen molar-refractivity contribution >= 4 is 46.7 Å². The Balaban J connectivity index is 2.30. The first-order valence-corrected chi connectivity index (χ1v) is 9.17. The molecule has 0 spiro atoms. The van der Waals surface area contributed by atoms with E-state index in [0.29, 0.717) is 20.5 Å². The van der Waals surface area contributed by atoms with Crippen LogP contribution in [0.4, 0.5) is 0 Å². The summed E-state index contributed by atoms with van der Waals surface area (Å²) in [5.74, 6) is 8.16. The molecule has 1 aliphatic heterocycles. The zero-order chi connectivity index (χ0) is 13.8. The number of thioether (sulfide) groups is 2. The normalized spacial score (nSPS) is 25.3. The molecule has 19 heavy (non-hydrogen) atoms. The van der Waals surface area contributed by atoms with Crippen LogP contribution in [-0.2, 0) is 0 Å². The van der Waals surface area contributed by atoms with Crippen LogP contribution in [0.15, 0.2) is 18.2 Å². The molecular formula is C13H18Cl2N2S2. The lowest BCUT2D eigenvalue weighted by molar-refractivity contribution is 0.514. The summed E-state index contributed by atoms with van der Waals surface area (Å²) in [6, 6.07) is 5.77. The summed E-state index contributed by atoms with van der Waals surface area (Å²) in [5, 5.41) is 2.21. The molecule has 0 aliphatic carbocycles. The second kappa shape index (κ2) is 7.43. The fourth-order valence-electron chi connectivity index (χ4n) is 2.37. The number of benzene rings is 1. The van der Waals surface area contributed by atoms with Crippen LogP contribution >= 0.6 is 46.7 Å². The van der Waals surface area contributed by atoms with E-state index in [-0.39, 0.29) is 6.04 Å². The Hall–Kier alpha value is 0.420. The summed E-state index contributed by atoms with van der Waals surface area (Å²) in [6.45, 7) is 2.23. The second-order valence-electron chi connectivity index (χ2n) is 4.44. The van der Waals surface area contributed by atoms with Gasteiger partial charge in [0, 0.05) is 22.0 Å². The van der Waals surface area contributed by atoms with Crippen LogP contribution in [0.1, 0.15) is 24.9 Å². The molecule has 2 nitrogen and oxygen atoms in total. The third-order valence-electron chi connectivity index (χ3n) is 3.32. The Morgan fingerprint density at radius 2 is 2.11 bits per heavy atom. The van der Waals surface area contributed by atoms with Crippen molar-refractivity contribution in [1.29, 1.82) is 0 Å². The number of hydrogen-bond acceptors (Lipinski definition) is 4. The Labute approximate surface area is 133 Å². The van der Waals surface area contributed by atoms with E-state index in [1.165, 1.54) is 5.75 Å². The summed E-state index contributed by atoms with van der Waals surface area (Å²) in [6.07, 6.45) is 1.14. The predicted molar refractivity (Wildman–Crippen MR) is 89.3 cm³/mol. The van der Waals surface area contributed by atoms with Crippen molar-refractivity contribution in [2.75, 3.05) is 11.5 Å². The molecule has 0 bridgehead atoms. The molecular weight excluding hydrogens is 319 g/mol. The van der Waals surface area contributed by atoms with E-state index < -0.39 is 0 Å². The van der Waals surface area contributed by atoms with Crippen LogP contribution in [0.3, 0.4) is 0 Å². The molecule has 106 valence electrons. The summed E-state index contributed by atoms with van der Waals surface area (Å²) in [4.78, 5) is 0. The lowest BCUT2D eigenvalue weighted by atomic mass is 10.0. The minimum Gasteiger partial charge on any atom is -0.271 e. The first-order valence-electron chi connectivity index (χ1n) is 6.32. The molecule has 0 amide bonds. The predicted octanol–water partition coefficient (Wildman–Crippen LogP) is 4.13. The molecule has 2 rings (SSSR count). The first kappa shape index (κ1) is 15.8. The minimum atomic E-state index is 0.0361. The van der Waals surface area contributed by atoms with Gasteiger partial charge in [-0.1, -0.05) is 42.3 Å². The van der Waals surface area contributed by atoms with E-state index in [1.54, 1.807) is 6.07 Å². The molecule has 1 fully saturated rings. The number of hydrazine groups is 1. The van der Waals surface area contributed by atoms with Crippen molar-refractivity contribution in [1.82, 2.24) is 5.43 Å². The number of nitrogens with two attached hydrogens (primary N) is 1. The first-order chi connectivity index (χ1) is 9.19. The van der Waals surface area contributed by atoms with Gasteiger partial charge in [-0.05, 0) is 18.1 Å². The standard InChI is InChI=1S/C13H18Cl2N2S2/c1-2-10-13(19-7-6-18-10)12(17-16)8-4-3-5-9(14)11(8)15/h3-5,10,12-13,17H,2,6-7,16H2,1H3. The average molecular weight is 337 g/mol. The summed E-state index contributed by atoms with van der Waals surface area (Å²) in [7, 11) is 0. The van der Waals surface area contributed by atoms with E-state index >= 15 is 0 Å². The minimum absolute atomic E-state index is 0.0361. The highest BCUT2D eigenvalue weighted by molar-refractivity contribution is 8.07. The fourth-order valence-corrected chi connectivity index (χ4v) is 6.02. The van der Waals surface area contributed by atoms with Gasteiger partial charge < -0.3 is 0 Å². The van der Waals surface area contributed by atoms with E-state index in [0.717, 1.165) is 17.7 Å². The molecule has 1 aromatic carbocycles. The van der Waals surface area contributed by atoms with Gasteiger partial charge in [-0.2, -0.15) is 23.5 Å². The van der Waals surface area contributed by atoms with Crippen molar-refractivity contribution in [2.24, 2.45) is 5.84 Å². The third-order valence-corrected chi connectivity index (χ3v) is 7.50. The highest BCUT2D eigenvalue weighted by atomic mass is 35.5. The van der Waals surface area contributed by atoms with Crippen LogP contribution < -0.4 is 11.3 Å². The quantitative estimate of drug-likeness (QED) is 0.640. The highest BCUT2D eigenvalue weighted by Crippen LogP contribution is 2.42. The molecule has 1 aliphatic rings. The monoisotopic (exact) mass is 336 g/mol. The van der Waals surface area contributed by atoms with Gasteiger partial charge in [-0.3, -0.25) is 11.3 Å². The largest absolute Gasteiger partial charge is 0.271 e. The van der Waals surface area contributed by atoms with Gasteiger partial charge in [0.05, 0.1) is 16.1 Å². The van der Waals surface area contributed by atoms with E-state index in [2.05, 4.69) is 12.3 Å². The fraction of sp³-hybridized carbons (Fsp3) is 0.538. The van der Waals surface area contributed by atoms with Gasteiger partial charge in [0.25, 0.3) is 0 Å². The van der Waals surface area contributed by atoms with E-state index in [9.17, 15) is 0 Å². The number of nitrogens with one attached hydrogen (secondary N) is 1. The zero-order valence-corrected chi connectivity index (χ0v) is 13.9. The molecule has 3 unspecified atom stereocenters. The summed E-state index contributed by atoms with van der Waals surface area (Å²) >= 11 is 16.4. The van der Waals surface area contributed by atoms with Gasteiger partial charge in [-0.25, -0.2) is 0 Å². The van der Waals surface area contributed by atoms with Crippen molar-refractivity contribution in [3.8, 4) is 0 Å². The lowest BCUT2D eigenvalue weighted by Gasteiger charge is -2.36. The van der Waals surface area contributed by atoms with Crippen LogP contribution in [0.5, 0.6) is 0 Å². The average Bonchev–Trinajstić information content (AvgIpc) is 2.45. The maximum Gasteiger partial charge on any atom is 0.0641 e.